The highest BCUT2D eigenvalue weighted by molar-refractivity contribution is 5.32. The molecule has 1 aromatic heterocycles. The van der Waals surface area contributed by atoms with Gasteiger partial charge in [0.05, 0.1) is 12.3 Å². The van der Waals surface area contributed by atoms with E-state index in [2.05, 4.69) is 42.4 Å². The van der Waals surface area contributed by atoms with Crippen LogP contribution in [0.2, 0.25) is 0 Å². The van der Waals surface area contributed by atoms with E-state index in [0.717, 1.165) is 24.4 Å². The minimum absolute atomic E-state index is 0.430. The zero-order valence-corrected chi connectivity index (χ0v) is 11.5. The molecule has 0 unspecified atom stereocenters. The minimum Gasteiger partial charge on any atom is -0.494 e. The Hall–Kier alpha value is -1.88. The lowest BCUT2D eigenvalue weighted by Crippen LogP contribution is -2.05. The summed E-state index contributed by atoms with van der Waals surface area (Å²) in [6, 6.07) is 6.24. The molecule has 2 rings (SSSR count). The lowest BCUT2D eigenvalue weighted by Gasteiger charge is -2.08. The van der Waals surface area contributed by atoms with Crippen molar-refractivity contribution in [3.63, 3.8) is 0 Å². The van der Waals surface area contributed by atoms with Crippen molar-refractivity contribution in [3.8, 4) is 5.75 Å². The second-order valence-electron chi connectivity index (χ2n) is 4.70. The molecule has 0 aliphatic carbocycles. The van der Waals surface area contributed by atoms with E-state index in [1.54, 1.807) is 4.68 Å². The van der Waals surface area contributed by atoms with Crippen LogP contribution in [-0.2, 0) is 13.1 Å². The van der Waals surface area contributed by atoms with Crippen LogP contribution < -0.4 is 10.5 Å². The predicted octanol–water partition coefficient (Wildman–Crippen LogP) is 1.82. The zero-order chi connectivity index (χ0) is 13.7. The zero-order valence-electron chi connectivity index (χ0n) is 11.5. The highest BCUT2D eigenvalue weighted by atomic mass is 16.5. The van der Waals surface area contributed by atoms with Crippen LogP contribution in [0, 0.1) is 13.8 Å². The molecular formula is C14H20N4O. The van der Waals surface area contributed by atoms with E-state index in [1.807, 2.05) is 6.20 Å². The van der Waals surface area contributed by atoms with Crippen molar-refractivity contribution >= 4 is 0 Å². The maximum absolute atomic E-state index is 5.74. The number of aromatic nitrogens is 3. The number of rotatable bonds is 6. The molecule has 0 aliphatic rings. The van der Waals surface area contributed by atoms with Crippen molar-refractivity contribution < 1.29 is 4.74 Å². The molecular weight excluding hydrogens is 240 g/mol. The fraction of sp³-hybridized carbons (Fsp3) is 0.429. The summed E-state index contributed by atoms with van der Waals surface area (Å²) in [7, 11) is 0. The summed E-state index contributed by atoms with van der Waals surface area (Å²) < 4.78 is 7.53. The Morgan fingerprint density at radius 1 is 1.21 bits per heavy atom. The second-order valence-corrected chi connectivity index (χ2v) is 4.70. The van der Waals surface area contributed by atoms with Crippen molar-refractivity contribution in [3.05, 3.63) is 41.2 Å². The number of hydrogen-bond donors (Lipinski definition) is 1. The smallest absolute Gasteiger partial charge is 0.119 e. The van der Waals surface area contributed by atoms with Crippen LogP contribution in [0.15, 0.2) is 24.4 Å². The Morgan fingerprint density at radius 2 is 1.95 bits per heavy atom. The molecule has 5 nitrogen and oxygen atoms in total. The lowest BCUT2D eigenvalue weighted by molar-refractivity contribution is 0.297. The van der Waals surface area contributed by atoms with Gasteiger partial charge in [0.2, 0.25) is 0 Å². The largest absolute Gasteiger partial charge is 0.494 e. The molecule has 2 N–H and O–H groups in total. The van der Waals surface area contributed by atoms with Crippen LogP contribution in [0.4, 0.5) is 0 Å². The fourth-order valence-electron chi connectivity index (χ4n) is 1.97. The van der Waals surface area contributed by atoms with Crippen molar-refractivity contribution in [2.45, 2.75) is 33.4 Å². The van der Waals surface area contributed by atoms with Gasteiger partial charge in [0, 0.05) is 25.7 Å². The third kappa shape index (κ3) is 4.06. The number of aryl methyl sites for hydroxylation is 3. The Kier molecular flexibility index (Phi) is 4.52. The third-order valence-electron chi connectivity index (χ3n) is 2.79. The molecule has 0 bridgehead atoms. The number of ether oxygens (including phenoxy) is 1. The SMILES string of the molecule is Cc1cc(C)cc(OCCCn2cc(CN)nn2)c1. The second kappa shape index (κ2) is 6.33. The van der Waals surface area contributed by atoms with Gasteiger partial charge in [-0.1, -0.05) is 11.3 Å². The van der Waals surface area contributed by atoms with Gasteiger partial charge >= 0.3 is 0 Å². The minimum atomic E-state index is 0.430. The average Bonchev–Trinajstić information content (AvgIpc) is 2.81. The number of hydrogen-bond acceptors (Lipinski definition) is 4. The van der Waals surface area contributed by atoms with Crippen molar-refractivity contribution in [1.29, 1.82) is 0 Å². The van der Waals surface area contributed by atoms with Gasteiger partial charge in [-0.3, -0.25) is 4.68 Å². The quantitative estimate of drug-likeness (QED) is 0.805. The highest BCUT2D eigenvalue weighted by Gasteiger charge is 2.00. The molecule has 102 valence electrons. The van der Waals surface area contributed by atoms with Gasteiger partial charge in [-0.2, -0.15) is 0 Å². The number of nitrogens with zero attached hydrogens (tertiary/aromatic N) is 3. The summed E-state index contributed by atoms with van der Waals surface area (Å²) in [6.45, 7) is 6.03. The normalized spacial score (nSPS) is 10.7. The molecule has 2 aromatic rings. The first-order valence-electron chi connectivity index (χ1n) is 6.47. The standard InChI is InChI=1S/C14H20N4O/c1-11-6-12(2)8-14(7-11)19-5-3-4-18-10-13(9-15)16-17-18/h6-8,10H,3-5,9,15H2,1-2H3. The average molecular weight is 260 g/mol. The van der Waals surface area contributed by atoms with Crippen LogP contribution in [0.25, 0.3) is 0 Å². The Balaban J connectivity index is 1.77. The van der Waals surface area contributed by atoms with Crippen LogP contribution >= 0.6 is 0 Å². The third-order valence-corrected chi connectivity index (χ3v) is 2.79. The van der Waals surface area contributed by atoms with Gasteiger partial charge < -0.3 is 10.5 Å². The van der Waals surface area contributed by atoms with Gasteiger partial charge in [0.25, 0.3) is 0 Å². The molecule has 0 atom stereocenters. The molecule has 0 aliphatic heterocycles. The van der Waals surface area contributed by atoms with Gasteiger partial charge in [-0.05, 0) is 37.1 Å². The van der Waals surface area contributed by atoms with E-state index in [0.29, 0.717) is 13.2 Å². The van der Waals surface area contributed by atoms with Crippen molar-refractivity contribution in [2.24, 2.45) is 5.73 Å². The fourth-order valence-corrected chi connectivity index (χ4v) is 1.97. The van der Waals surface area contributed by atoms with Crippen LogP contribution in [-0.4, -0.2) is 21.6 Å². The highest BCUT2D eigenvalue weighted by Crippen LogP contribution is 2.16. The molecule has 1 aromatic carbocycles. The predicted molar refractivity (Wildman–Crippen MR) is 73.9 cm³/mol. The van der Waals surface area contributed by atoms with E-state index in [1.165, 1.54) is 11.1 Å². The van der Waals surface area contributed by atoms with Gasteiger partial charge in [0.15, 0.2) is 0 Å². The molecule has 0 saturated heterocycles. The summed E-state index contributed by atoms with van der Waals surface area (Å²) in [5, 5.41) is 7.93. The monoisotopic (exact) mass is 260 g/mol. The van der Waals surface area contributed by atoms with Gasteiger partial charge in [0.1, 0.15) is 5.75 Å². The van der Waals surface area contributed by atoms with E-state index in [-0.39, 0.29) is 0 Å². The van der Waals surface area contributed by atoms with E-state index >= 15 is 0 Å². The number of benzene rings is 1. The molecule has 1 heterocycles. The van der Waals surface area contributed by atoms with E-state index < -0.39 is 0 Å². The molecule has 0 radical (unpaired) electrons. The summed E-state index contributed by atoms with van der Waals surface area (Å²) in [6.07, 6.45) is 2.76. The summed E-state index contributed by atoms with van der Waals surface area (Å²) in [5.41, 5.74) is 8.74. The van der Waals surface area contributed by atoms with Crippen molar-refractivity contribution in [2.75, 3.05) is 6.61 Å². The topological polar surface area (TPSA) is 66.0 Å². The lowest BCUT2D eigenvalue weighted by atomic mass is 10.1. The maximum atomic E-state index is 5.74. The van der Waals surface area contributed by atoms with Crippen LogP contribution in [0.3, 0.4) is 0 Å². The van der Waals surface area contributed by atoms with E-state index in [9.17, 15) is 0 Å². The molecule has 5 heteroatoms. The first kappa shape index (κ1) is 13.5. The molecule has 0 saturated carbocycles. The molecule has 0 spiro atoms. The van der Waals surface area contributed by atoms with Gasteiger partial charge in [-0.15, -0.1) is 5.10 Å². The summed E-state index contributed by atoms with van der Waals surface area (Å²) >= 11 is 0. The first-order valence-corrected chi connectivity index (χ1v) is 6.47. The number of nitrogens with two attached hydrogens (primary N) is 1. The summed E-state index contributed by atoms with van der Waals surface area (Å²) in [5.74, 6) is 0.929. The van der Waals surface area contributed by atoms with E-state index in [4.69, 9.17) is 10.5 Å². The molecule has 0 amide bonds. The van der Waals surface area contributed by atoms with Crippen LogP contribution in [0.5, 0.6) is 5.75 Å². The molecule has 0 fully saturated rings. The Labute approximate surface area is 113 Å². The molecule has 19 heavy (non-hydrogen) atoms. The maximum Gasteiger partial charge on any atom is 0.119 e. The van der Waals surface area contributed by atoms with Gasteiger partial charge in [-0.25, -0.2) is 0 Å². The Morgan fingerprint density at radius 3 is 2.58 bits per heavy atom. The van der Waals surface area contributed by atoms with Crippen molar-refractivity contribution in [1.82, 2.24) is 15.0 Å². The Bertz CT molecular complexity index is 516. The van der Waals surface area contributed by atoms with Crippen LogP contribution in [0.1, 0.15) is 23.2 Å². The first-order chi connectivity index (χ1) is 9.17. The summed E-state index contributed by atoms with van der Waals surface area (Å²) in [4.78, 5) is 0.